The molecule has 1 aliphatic heterocycles. The molecule has 0 bridgehead atoms. The maximum atomic E-state index is 12.6. The van der Waals surface area contributed by atoms with E-state index in [-0.39, 0.29) is 11.8 Å². The normalized spacial score (nSPS) is 13.8. The number of hydrogen-bond acceptors (Lipinski definition) is 7. The molecule has 0 radical (unpaired) electrons. The van der Waals surface area contributed by atoms with Crippen molar-refractivity contribution in [3.8, 4) is 11.4 Å². The topological polar surface area (TPSA) is 90.5 Å². The number of hydrogen-bond donors (Lipinski definition) is 2. The lowest BCUT2D eigenvalue weighted by molar-refractivity contribution is -0.126. The number of thiophene rings is 1. The number of nitrogens with zero attached hydrogens (tertiary/aromatic N) is 4. The maximum absolute atomic E-state index is 12.6. The Morgan fingerprint density at radius 2 is 1.86 bits per heavy atom. The first-order valence-corrected chi connectivity index (χ1v) is 12.7. The fourth-order valence-electron chi connectivity index (χ4n) is 3.64. The van der Waals surface area contributed by atoms with Crippen molar-refractivity contribution >= 4 is 52.5 Å². The number of anilines is 2. The highest BCUT2D eigenvalue weighted by atomic mass is 35.5. The van der Waals surface area contributed by atoms with Crippen LogP contribution >= 0.6 is 22.9 Å². The van der Waals surface area contributed by atoms with Gasteiger partial charge in [0.25, 0.3) is 0 Å². The molecule has 0 atom stereocenters. The predicted molar refractivity (Wildman–Crippen MR) is 142 cm³/mol. The Balaban J connectivity index is 1.46. The Kier molecular flexibility index (Phi) is 8.33. The summed E-state index contributed by atoms with van der Waals surface area (Å²) >= 11 is 7.66. The number of rotatable bonds is 8. The molecule has 0 spiro atoms. The van der Waals surface area contributed by atoms with E-state index >= 15 is 0 Å². The van der Waals surface area contributed by atoms with Crippen LogP contribution in [0.3, 0.4) is 0 Å². The number of amides is 2. The van der Waals surface area contributed by atoms with E-state index in [0.717, 1.165) is 16.9 Å². The number of carbonyl (C=O) groups excluding carboxylic acids is 2. The first kappa shape index (κ1) is 24.7. The predicted octanol–water partition coefficient (Wildman–Crippen LogP) is 3.77. The third-order valence-electron chi connectivity index (χ3n) is 5.50. The number of halogens is 1. The second kappa shape index (κ2) is 11.8. The number of benzene rings is 1. The van der Waals surface area contributed by atoms with Crippen LogP contribution in [0.1, 0.15) is 12.5 Å². The number of aromatic nitrogens is 2. The van der Waals surface area contributed by atoms with Gasteiger partial charge in [0, 0.05) is 68.9 Å². The molecule has 0 unspecified atom stereocenters. The fraction of sp³-hybridized carbons (Fsp3) is 0.280. The second-order valence-electron chi connectivity index (χ2n) is 8.05. The molecular formula is C25H27ClN6O2S. The second-order valence-corrected chi connectivity index (χ2v) is 9.27. The summed E-state index contributed by atoms with van der Waals surface area (Å²) in [7, 11) is 0. The van der Waals surface area contributed by atoms with Gasteiger partial charge in [-0.15, -0.1) is 0 Å². The summed E-state index contributed by atoms with van der Waals surface area (Å²) in [5, 5.41) is 10.7. The monoisotopic (exact) mass is 510 g/mol. The molecule has 10 heteroatoms. The SMILES string of the molecule is CC(=O)NCCNc1cc(N2CCN(C(=O)C=Cc3ccsc3)CC2)nc(-c2ccc(Cl)cc2)n1. The van der Waals surface area contributed by atoms with Gasteiger partial charge in [0.05, 0.1) is 0 Å². The molecule has 182 valence electrons. The largest absolute Gasteiger partial charge is 0.368 e. The van der Waals surface area contributed by atoms with E-state index in [9.17, 15) is 9.59 Å². The molecule has 4 rings (SSSR count). The summed E-state index contributed by atoms with van der Waals surface area (Å²) in [4.78, 5) is 37.2. The van der Waals surface area contributed by atoms with Crippen LogP contribution in [0.15, 0.2) is 53.2 Å². The standard InChI is InChI=1S/C25H27ClN6O2S/c1-18(33)27-9-10-28-22-16-23(30-25(29-22)20-3-5-21(26)6-4-20)31-11-13-32(14-12-31)24(34)7-2-19-8-15-35-17-19/h2-8,15-17H,9-14H2,1H3,(H,27,33)(H,28,29,30). The van der Waals surface area contributed by atoms with Crippen LogP contribution in [0.25, 0.3) is 17.5 Å². The van der Waals surface area contributed by atoms with Crippen molar-refractivity contribution in [3.05, 3.63) is 63.8 Å². The van der Waals surface area contributed by atoms with Gasteiger partial charge in [-0.3, -0.25) is 9.59 Å². The minimum atomic E-state index is -0.0744. The summed E-state index contributed by atoms with van der Waals surface area (Å²) in [6.45, 7) is 5.07. The zero-order chi connectivity index (χ0) is 24.6. The van der Waals surface area contributed by atoms with Crippen molar-refractivity contribution in [1.82, 2.24) is 20.2 Å². The Bertz CT molecular complexity index is 1180. The van der Waals surface area contributed by atoms with Crippen LogP contribution in [0.5, 0.6) is 0 Å². The molecule has 1 fully saturated rings. The summed E-state index contributed by atoms with van der Waals surface area (Å²) in [5.41, 5.74) is 1.89. The highest BCUT2D eigenvalue weighted by Gasteiger charge is 2.22. The molecule has 3 aromatic rings. The molecule has 2 amide bonds. The van der Waals surface area contributed by atoms with E-state index in [4.69, 9.17) is 16.6 Å². The van der Waals surface area contributed by atoms with Crippen molar-refractivity contribution in [2.24, 2.45) is 0 Å². The van der Waals surface area contributed by atoms with Gasteiger partial charge in [0.15, 0.2) is 5.82 Å². The molecule has 8 nitrogen and oxygen atoms in total. The molecule has 3 heterocycles. The molecule has 1 saturated heterocycles. The van der Waals surface area contributed by atoms with E-state index in [2.05, 4.69) is 20.5 Å². The highest BCUT2D eigenvalue weighted by molar-refractivity contribution is 7.08. The van der Waals surface area contributed by atoms with Crippen molar-refractivity contribution < 1.29 is 9.59 Å². The van der Waals surface area contributed by atoms with Gasteiger partial charge in [-0.25, -0.2) is 9.97 Å². The Hall–Kier alpha value is -3.43. The highest BCUT2D eigenvalue weighted by Crippen LogP contribution is 2.24. The number of carbonyl (C=O) groups is 2. The molecular weight excluding hydrogens is 484 g/mol. The third kappa shape index (κ3) is 7.03. The zero-order valence-electron chi connectivity index (χ0n) is 19.4. The van der Waals surface area contributed by atoms with Crippen LogP contribution in [-0.4, -0.2) is 66.0 Å². The molecule has 2 aromatic heterocycles. The summed E-state index contributed by atoms with van der Waals surface area (Å²) in [6.07, 6.45) is 3.49. The number of nitrogens with one attached hydrogen (secondary N) is 2. The molecule has 1 aliphatic rings. The van der Waals surface area contributed by atoms with Gasteiger partial charge >= 0.3 is 0 Å². The summed E-state index contributed by atoms with van der Waals surface area (Å²) < 4.78 is 0. The van der Waals surface area contributed by atoms with Crippen molar-refractivity contribution in [2.45, 2.75) is 6.92 Å². The third-order valence-corrected chi connectivity index (χ3v) is 6.45. The van der Waals surface area contributed by atoms with Gasteiger partial charge in [0.2, 0.25) is 11.8 Å². The van der Waals surface area contributed by atoms with Crippen LogP contribution in [0, 0.1) is 0 Å². The van der Waals surface area contributed by atoms with E-state index in [1.54, 1.807) is 17.4 Å². The van der Waals surface area contributed by atoms with E-state index in [1.807, 2.05) is 58.1 Å². The van der Waals surface area contributed by atoms with Crippen molar-refractivity contribution in [2.75, 3.05) is 49.5 Å². The van der Waals surface area contributed by atoms with E-state index < -0.39 is 0 Å². The molecule has 35 heavy (non-hydrogen) atoms. The lowest BCUT2D eigenvalue weighted by Crippen LogP contribution is -2.48. The van der Waals surface area contributed by atoms with Crippen molar-refractivity contribution in [1.29, 1.82) is 0 Å². The lowest BCUT2D eigenvalue weighted by Gasteiger charge is -2.35. The number of piperazine rings is 1. The minimum Gasteiger partial charge on any atom is -0.368 e. The lowest BCUT2D eigenvalue weighted by atomic mass is 10.2. The van der Waals surface area contributed by atoms with Crippen LogP contribution in [0.4, 0.5) is 11.6 Å². The minimum absolute atomic E-state index is 0.0146. The quantitative estimate of drug-likeness (QED) is 0.354. The Morgan fingerprint density at radius 3 is 2.54 bits per heavy atom. The first-order chi connectivity index (χ1) is 17.0. The Morgan fingerprint density at radius 1 is 1.09 bits per heavy atom. The Labute approximate surface area is 213 Å². The zero-order valence-corrected chi connectivity index (χ0v) is 21.0. The fourth-order valence-corrected chi connectivity index (χ4v) is 4.40. The first-order valence-electron chi connectivity index (χ1n) is 11.4. The van der Waals surface area contributed by atoms with Crippen LogP contribution in [0.2, 0.25) is 5.02 Å². The smallest absolute Gasteiger partial charge is 0.246 e. The van der Waals surface area contributed by atoms with E-state index in [1.165, 1.54) is 6.92 Å². The van der Waals surface area contributed by atoms with Gasteiger partial charge < -0.3 is 20.4 Å². The van der Waals surface area contributed by atoms with Gasteiger partial charge in [-0.2, -0.15) is 11.3 Å². The summed E-state index contributed by atoms with van der Waals surface area (Å²) in [5.74, 6) is 1.98. The molecule has 0 aliphatic carbocycles. The van der Waals surface area contributed by atoms with E-state index in [0.29, 0.717) is 55.9 Å². The molecule has 0 saturated carbocycles. The molecule has 2 N–H and O–H groups in total. The molecule has 1 aromatic carbocycles. The van der Waals surface area contributed by atoms with Gasteiger partial charge in [0.1, 0.15) is 11.6 Å². The maximum Gasteiger partial charge on any atom is 0.246 e. The van der Waals surface area contributed by atoms with Crippen molar-refractivity contribution in [3.63, 3.8) is 0 Å². The average Bonchev–Trinajstić information content (AvgIpc) is 3.39. The van der Waals surface area contributed by atoms with Gasteiger partial charge in [-0.05, 0) is 52.7 Å². The summed E-state index contributed by atoms with van der Waals surface area (Å²) in [6, 6.07) is 11.3. The van der Waals surface area contributed by atoms with Crippen LogP contribution < -0.4 is 15.5 Å². The van der Waals surface area contributed by atoms with Crippen LogP contribution in [-0.2, 0) is 9.59 Å². The average molecular weight is 511 g/mol. The van der Waals surface area contributed by atoms with Gasteiger partial charge in [-0.1, -0.05) is 11.6 Å².